The maximum atomic E-state index is 13.2. The molecule has 1 aromatic heterocycles. The summed E-state index contributed by atoms with van der Waals surface area (Å²) >= 11 is 0. The number of hydrogen-bond donors (Lipinski definition) is 1. The number of amides is 1. The molecule has 26 heavy (non-hydrogen) atoms. The largest absolute Gasteiger partial charge is 0.459 e. The standard InChI is InChI=1S/C18H22NO6P/c1-4-24-26(22,25-5-2)18(19-17(21)15-7-6-12-23-15)16(20)14-10-8-13(3)9-11-14/h6-12,18H,4-5H2,1-3H3,(H,19,21)/t18-/m0/s1. The molecule has 0 aliphatic heterocycles. The SMILES string of the molecule is CCOP(=O)(OCC)[C@H](NC(=O)c1ccco1)C(=O)c1ccc(C)cc1. The van der Waals surface area contributed by atoms with Crippen molar-refractivity contribution in [2.75, 3.05) is 13.2 Å². The molecule has 140 valence electrons. The quantitative estimate of drug-likeness (QED) is 0.526. The predicted octanol–water partition coefficient (Wildman–Crippen LogP) is 3.79. The van der Waals surface area contributed by atoms with E-state index in [1.807, 2.05) is 6.92 Å². The van der Waals surface area contributed by atoms with Crippen LogP contribution in [0.1, 0.15) is 40.3 Å². The first kappa shape index (κ1) is 20.1. The number of benzene rings is 1. The van der Waals surface area contributed by atoms with Gasteiger partial charge in [0.15, 0.2) is 17.3 Å². The van der Waals surface area contributed by atoms with Gasteiger partial charge in [0.05, 0.1) is 19.5 Å². The second kappa shape index (κ2) is 8.94. The maximum Gasteiger partial charge on any atom is 0.360 e. The number of carbonyl (C=O) groups excluding carboxylic acids is 2. The third-order valence-corrected chi connectivity index (χ3v) is 5.76. The van der Waals surface area contributed by atoms with Crippen molar-refractivity contribution in [2.24, 2.45) is 0 Å². The van der Waals surface area contributed by atoms with Gasteiger partial charge in [-0.1, -0.05) is 29.8 Å². The van der Waals surface area contributed by atoms with Gasteiger partial charge in [-0.15, -0.1) is 0 Å². The second-order valence-electron chi connectivity index (χ2n) is 5.46. The van der Waals surface area contributed by atoms with Crippen LogP contribution in [0.2, 0.25) is 0 Å². The van der Waals surface area contributed by atoms with Gasteiger partial charge in [0.25, 0.3) is 5.91 Å². The molecule has 0 fully saturated rings. The summed E-state index contributed by atoms with van der Waals surface area (Å²) in [6, 6.07) is 9.69. The average Bonchev–Trinajstić information content (AvgIpc) is 3.14. The van der Waals surface area contributed by atoms with Gasteiger partial charge in [0.2, 0.25) is 0 Å². The van der Waals surface area contributed by atoms with Crippen molar-refractivity contribution in [3.05, 3.63) is 59.5 Å². The lowest BCUT2D eigenvalue weighted by Crippen LogP contribution is -2.41. The lowest BCUT2D eigenvalue weighted by molar-refractivity contribution is 0.0849. The monoisotopic (exact) mass is 379 g/mol. The van der Waals surface area contributed by atoms with Crippen LogP contribution in [0, 0.1) is 6.92 Å². The number of Topliss-reactive ketones (excluding diaryl/α,β-unsaturated/α-hetero) is 1. The molecule has 1 heterocycles. The van der Waals surface area contributed by atoms with E-state index >= 15 is 0 Å². The summed E-state index contributed by atoms with van der Waals surface area (Å²) in [4.78, 5) is 25.4. The highest BCUT2D eigenvalue weighted by Gasteiger charge is 2.43. The first-order chi connectivity index (χ1) is 12.4. The van der Waals surface area contributed by atoms with Crippen LogP contribution >= 0.6 is 7.60 Å². The van der Waals surface area contributed by atoms with Crippen LogP contribution in [0.25, 0.3) is 0 Å². The van der Waals surface area contributed by atoms with Crippen molar-refractivity contribution in [1.82, 2.24) is 5.32 Å². The maximum absolute atomic E-state index is 13.2. The van der Waals surface area contributed by atoms with Crippen LogP contribution in [0.3, 0.4) is 0 Å². The van der Waals surface area contributed by atoms with Gasteiger partial charge in [-0.2, -0.15) is 0 Å². The van der Waals surface area contributed by atoms with Crippen molar-refractivity contribution in [3.8, 4) is 0 Å². The van der Waals surface area contributed by atoms with E-state index in [4.69, 9.17) is 13.5 Å². The van der Waals surface area contributed by atoms with Gasteiger partial charge in [-0.25, -0.2) is 0 Å². The molecule has 1 atom stereocenters. The number of aryl methyl sites for hydroxylation is 1. The number of hydrogen-bond acceptors (Lipinski definition) is 6. The minimum absolute atomic E-state index is 0.00810. The molecule has 0 radical (unpaired) electrons. The third kappa shape index (κ3) is 4.69. The van der Waals surface area contributed by atoms with E-state index in [0.29, 0.717) is 5.56 Å². The second-order valence-corrected chi connectivity index (χ2v) is 7.57. The number of ketones is 1. The van der Waals surface area contributed by atoms with E-state index in [0.717, 1.165) is 5.56 Å². The molecule has 1 aromatic carbocycles. The molecule has 0 spiro atoms. The van der Waals surface area contributed by atoms with Gasteiger partial charge in [-0.05, 0) is 32.9 Å². The first-order valence-corrected chi connectivity index (χ1v) is 9.86. The minimum Gasteiger partial charge on any atom is -0.459 e. The van der Waals surface area contributed by atoms with Crippen LogP contribution in [0.4, 0.5) is 0 Å². The minimum atomic E-state index is -3.94. The molecule has 0 saturated heterocycles. The third-order valence-electron chi connectivity index (χ3n) is 3.53. The lowest BCUT2D eigenvalue weighted by atomic mass is 10.1. The topological polar surface area (TPSA) is 94.8 Å². The highest BCUT2D eigenvalue weighted by Crippen LogP contribution is 2.53. The number of nitrogens with one attached hydrogen (secondary N) is 1. The van der Waals surface area contributed by atoms with Crippen LogP contribution in [0.15, 0.2) is 47.1 Å². The molecule has 0 aliphatic carbocycles. The van der Waals surface area contributed by atoms with E-state index in [-0.39, 0.29) is 19.0 Å². The normalized spacial score (nSPS) is 12.6. The summed E-state index contributed by atoms with van der Waals surface area (Å²) < 4.78 is 28.8. The van der Waals surface area contributed by atoms with Crippen molar-refractivity contribution in [3.63, 3.8) is 0 Å². The number of carbonyl (C=O) groups is 2. The van der Waals surface area contributed by atoms with E-state index < -0.39 is 25.1 Å². The summed E-state index contributed by atoms with van der Waals surface area (Å²) in [7, 11) is -3.94. The molecule has 1 amide bonds. The van der Waals surface area contributed by atoms with E-state index in [9.17, 15) is 14.2 Å². The highest BCUT2D eigenvalue weighted by atomic mass is 31.2. The average molecular weight is 379 g/mol. The van der Waals surface area contributed by atoms with E-state index in [1.165, 1.54) is 18.4 Å². The number of rotatable bonds is 9. The smallest absolute Gasteiger partial charge is 0.360 e. The Morgan fingerprint density at radius 1 is 1.12 bits per heavy atom. The van der Waals surface area contributed by atoms with Gasteiger partial charge < -0.3 is 18.8 Å². The Labute approximate surface area is 152 Å². The van der Waals surface area contributed by atoms with Crippen molar-refractivity contribution < 1.29 is 27.6 Å². The Bertz CT molecular complexity index is 775. The van der Waals surface area contributed by atoms with Gasteiger partial charge in [0, 0.05) is 5.56 Å². The first-order valence-electron chi connectivity index (χ1n) is 8.25. The highest BCUT2D eigenvalue weighted by molar-refractivity contribution is 7.55. The Hall–Kier alpha value is -2.21. The fourth-order valence-corrected chi connectivity index (χ4v) is 4.12. The molecule has 0 saturated carbocycles. The summed E-state index contributed by atoms with van der Waals surface area (Å²) in [6.07, 6.45) is 1.33. The zero-order valence-electron chi connectivity index (χ0n) is 14.9. The summed E-state index contributed by atoms with van der Waals surface area (Å²) in [5.74, 6) is -2.73. The summed E-state index contributed by atoms with van der Waals surface area (Å²) in [6.45, 7) is 5.27. The zero-order valence-corrected chi connectivity index (χ0v) is 15.8. The van der Waals surface area contributed by atoms with E-state index in [2.05, 4.69) is 5.32 Å². The number of furan rings is 1. The molecule has 0 unspecified atom stereocenters. The molecular weight excluding hydrogens is 357 g/mol. The summed E-state index contributed by atoms with van der Waals surface area (Å²) in [5.41, 5.74) is 1.26. The Morgan fingerprint density at radius 2 is 1.73 bits per heavy atom. The van der Waals surface area contributed by atoms with Crippen molar-refractivity contribution in [2.45, 2.75) is 26.6 Å². The van der Waals surface area contributed by atoms with Crippen LogP contribution in [-0.4, -0.2) is 30.7 Å². The van der Waals surface area contributed by atoms with Gasteiger partial charge in [0.1, 0.15) is 0 Å². The Balaban J connectivity index is 2.39. The molecule has 1 N–H and O–H groups in total. The Morgan fingerprint density at radius 3 is 2.23 bits per heavy atom. The lowest BCUT2D eigenvalue weighted by Gasteiger charge is -2.25. The van der Waals surface area contributed by atoms with Crippen molar-refractivity contribution in [1.29, 1.82) is 0 Å². The molecule has 0 aliphatic rings. The molecule has 8 heteroatoms. The van der Waals surface area contributed by atoms with Crippen LogP contribution in [-0.2, 0) is 13.6 Å². The molecule has 2 aromatic rings. The molecule has 7 nitrogen and oxygen atoms in total. The molecule has 2 rings (SSSR count). The van der Waals surface area contributed by atoms with Gasteiger partial charge >= 0.3 is 7.60 Å². The Kier molecular flexibility index (Phi) is 6.91. The fraction of sp³-hybridized carbons (Fsp3) is 0.333. The summed E-state index contributed by atoms with van der Waals surface area (Å²) in [5, 5.41) is 2.45. The predicted molar refractivity (Wildman–Crippen MR) is 96.3 cm³/mol. The van der Waals surface area contributed by atoms with Crippen molar-refractivity contribution >= 4 is 19.3 Å². The van der Waals surface area contributed by atoms with E-state index in [1.54, 1.807) is 38.1 Å². The van der Waals surface area contributed by atoms with Crippen LogP contribution < -0.4 is 5.32 Å². The van der Waals surface area contributed by atoms with Gasteiger partial charge in [-0.3, -0.25) is 14.2 Å². The fourth-order valence-electron chi connectivity index (χ4n) is 2.31. The zero-order chi connectivity index (χ0) is 19.2. The molecular formula is C18H22NO6P. The van der Waals surface area contributed by atoms with Crippen LogP contribution in [0.5, 0.6) is 0 Å². The molecule has 0 bridgehead atoms.